The molecule has 27 nitrogen and oxygen atoms in total. The molecule has 30 heteroatoms. The minimum atomic E-state index is 0. The van der Waals surface area contributed by atoms with Gasteiger partial charge < -0.3 is 35.0 Å². The van der Waals surface area contributed by atoms with Crippen molar-refractivity contribution >= 4 is 86.4 Å². The molecule has 0 aromatic carbocycles. The Hall–Kier alpha value is -10.5. The first kappa shape index (κ1) is 62.5. The minimum Gasteiger partial charge on any atom is -0.382 e. The Morgan fingerprint density at radius 3 is 1.47 bits per heavy atom. The smallest absolute Gasteiger partial charge is 0.246 e. The summed E-state index contributed by atoms with van der Waals surface area (Å²) in [6.45, 7) is 0.891. The maximum Gasteiger partial charge on any atom is 0.246 e. The van der Waals surface area contributed by atoms with Crippen LogP contribution in [0, 0.1) is 0 Å². The average molecular weight is 1270 g/mol. The van der Waals surface area contributed by atoms with Crippen LogP contribution < -0.4 is 21.3 Å². The third kappa shape index (κ3) is 14.9. The van der Waals surface area contributed by atoms with Gasteiger partial charge in [0.1, 0.15) is 53.0 Å². The predicted octanol–water partition coefficient (Wildman–Crippen LogP) is 11.4. The molecule has 1 saturated heterocycles. The fraction of sp³-hybridized carbons (Fsp3) is 0.233. The number of fused-ring (bicyclic) bond motifs is 3. The van der Waals surface area contributed by atoms with Crippen LogP contribution in [0.5, 0.6) is 0 Å². The molecule has 462 valence electrons. The number of anilines is 6. The third-order valence-corrected chi connectivity index (χ3v) is 14.8. The summed E-state index contributed by atoms with van der Waals surface area (Å²) < 4.78 is 16.2. The summed E-state index contributed by atoms with van der Waals surface area (Å²) >= 11 is 17.2. The van der Waals surface area contributed by atoms with Gasteiger partial charge in [0.2, 0.25) is 16.5 Å². The van der Waals surface area contributed by atoms with Gasteiger partial charge in [-0.25, -0.2) is 48.4 Å². The molecule has 1 atom stereocenters. The Kier molecular flexibility index (Phi) is 19.8. The summed E-state index contributed by atoms with van der Waals surface area (Å²) in [6.07, 6.45) is 38.3. The zero-order chi connectivity index (χ0) is 60.5. The fourth-order valence-electron chi connectivity index (χ4n) is 10.1. The third-order valence-electron chi connectivity index (χ3n) is 14.2. The summed E-state index contributed by atoms with van der Waals surface area (Å²) in [5, 5.41) is 19.9. The van der Waals surface area contributed by atoms with Crippen molar-refractivity contribution in [3.05, 3.63) is 206 Å². The van der Waals surface area contributed by atoms with E-state index >= 15 is 0 Å². The molecule has 0 bridgehead atoms. The van der Waals surface area contributed by atoms with Crippen molar-refractivity contribution in [2.45, 2.75) is 65.3 Å². The van der Waals surface area contributed by atoms with Gasteiger partial charge in [-0.2, -0.15) is 9.97 Å². The number of pyridine rings is 2. The molecule has 0 amide bonds. The Labute approximate surface area is 532 Å². The molecule has 0 spiro atoms. The molecule has 16 rings (SSSR count). The molecular formula is C60H66Cl3N27. The van der Waals surface area contributed by atoms with E-state index in [0.717, 1.165) is 65.0 Å². The number of hydrogen-bond acceptors (Lipinski definition) is 18. The Bertz CT molecular complexity index is 4510. The highest BCUT2D eigenvalue weighted by Crippen LogP contribution is 2.35. The first-order valence-electron chi connectivity index (χ1n) is 27.9. The van der Waals surface area contributed by atoms with Crippen LogP contribution in [0.3, 0.4) is 0 Å². The van der Waals surface area contributed by atoms with E-state index in [1.807, 2.05) is 153 Å². The number of aromatic nitrogens is 23. The molecule has 1 saturated carbocycles. The van der Waals surface area contributed by atoms with Gasteiger partial charge in [-0.1, -0.05) is 51.4 Å². The van der Waals surface area contributed by atoms with E-state index in [-0.39, 0.29) is 31.5 Å². The molecule has 0 radical (unpaired) electrons. The van der Waals surface area contributed by atoms with Crippen molar-refractivity contribution < 1.29 is 0 Å². The standard InChI is InChI=1S/C22H22N10.C13H11ClN8.C10H13N.C7H9N5.C6H3Cl2N3.2CH4/c1-29-13-20(25-14-29)30-12-19(24-15-30)26-21-18-8-5-11-32(18)28-22(27-21)31-10-4-7-17(31)16-6-2-3-9-23-16;1-20-6-11(16-7-20)21-5-10(15-8-21)17-12-9-3-2-4-22(9)19-13(14)18-12;1-2-6-9(5-1)10-7-3-4-8-11-10;1-11-3-7(10-4-11)12-2-6(8)9-5-12;7-5-4-2-1-3-11(4)10-6(8)9-5;;/h2-3,5-6,8-9,11-15,17H,4,7,10H2,1H3,(H,26,27,28);2-8H,1H3,(H,17,18,19);3-4,7-9H,1-2,5-6H2;2-5H,8H2,1H3;1-3H;2*1H4. The molecule has 15 heterocycles. The monoisotopic (exact) mass is 1270 g/mol. The first-order valence-corrected chi connectivity index (χ1v) is 29.0. The van der Waals surface area contributed by atoms with E-state index in [1.54, 1.807) is 70.2 Å². The second-order valence-corrected chi connectivity index (χ2v) is 21.5. The van der Waals surface area contributed by atoms with E-state index in [4.69, 9.17) is 50.6 Å². The Balaban J connectivity index is 0.000000133. The maximum absolute atomic E-state index is 5.93. The van der Waals surface area contributed by atoms with Gasteiger partial charge in [0.15, 0.2) is 34.2 Å². The van der Waals surface area contributed by atoms with Gasteiger partial charge in [-0.15, -0.1) is 15.3 Å². The molecule has 14 aromatic heterocycles. The fourth-order valence-corrected chi connectivity index (χ4v) is 10.7. The highest BCUT2D eigenvalue weighted by Gasteiger charge is 2.30. The van der Waals surface area contributed by atoms with E-state index in [0.29, 0.717) is 40.2 Å². The molecule has 2 fully saturated rings. The molecule has 2 aliphatic rings. The van der Waals surface area contributed by atoms with Crippen LogP contribution in [0.1, 0.15) is 76.7 Å². The number of aryl methyl sites for hydroxylation is 3. The van der Waals surface area contributed by atoms with Crippen LogP contribution in [0.2, 0.25) is 15.7 Å². The summed E-state index contributed by atoms with van der Waals surface area (Å²) in [4.78, 5) is 49.5. The van der Waals surface area contributed by atoms with Crippen LogP contribution in [0.4, 0.5) is 35.0 Å². The molecule has 1 aliphatic heterocycles. The molecular weight excluding hydrogens is 1210 g/mol. The van der Waals surface area contributed by atoms with Crippen molar-refractivity contribution in [3.63, 3.8) is 0 Å². The summed E-state index contributed by atoms with van der Waals surface area (Å²) in [7, 11) is 5.77. The van der Waals surface area contributed by atoms with E-state index in [2.05, 4.69) is 93.8 Å². The van der Waals surface area contributed by atoms with Gasteiger partial charge in [-0.3, -0.25) is 23.7 Å². The number of nitrogens with zero attached hydrogens (tertiary/aromatic N) is 24. The van der Waals surface area contributed by atoms with Crippen molar-refractivity contribution in [3.8, 4) is 17.5 Å². The number of rotatable bonds is 10. The van der Waals surface area contributed by atoms with E-state index < -0.39 is 0 Å². The lowest BCUT2D eigenvalue weighted by molar-refractivity contribution is 0.670. The zero-order valence-electron chi connectivity index (χ0n) is 47.8. The summed E-state index contributed by atoms with van der Waals surface area (Å²) in [5.41, 5.74) is 10.3. The summed E-state index contributed by atoms with van der Waals surface area (Å²) in [5.74, 6) is 6.98. The average Bonchev–Trinajstić information content (AvgIpc) is 2.15. The molecule has 14 aromatic rings. The van der Waals surface area contributed by atoms with Crippen LogP contribution in [-0.2, 0) is 21.1 Å². The number of nitrogens with one attached hydrogen (secondary N) is 2. The van der Waals surface area contributed by atoms with Crippen LogP contribution in [-0.4, -0.2) is 118 Å². The number of imidazole rings is 6. The topological polar surface area (TPSA) is 277 Å². The Morgan fingerprint density at radius 2 is 0.956 bits per heavy atom. The van der Waals surface area contributed by atoms with Crippen LogP contribution >= 0.6 is 34.8 Å². The molecule has 1 unspecified atom stereocenters. The first-order chi connectivity index (χ1) is 42.9. The van der Waals surface area contributed by atoms with E-state index in [1.165, 1.54) is 31.4 Å². The van der Waals surface area contributed by atoms with Crippen LogP contribution in [0.15, 0.2) is 179 Å². The molecule has 90 heavy (non-hydrogen) atoms. The highest BCUT2D eigenvalue weighted by molar-refractivity contribution is 6.34. The lowest BCUT2D eigenvalue weighted by Gasteiger charge is -2.24. The Morgan fingerprint density at radius 1 is 0.467 bits per heavy atom. The van der Waals surface area contributed by atoms with Gasteiger partial charge in [0, 0.05) is 88.9 Å². The second-order valence-electron chi connectivity index (χ2n) is 20.5. The lowest BCUT2D eigenvalue weighted by atomic mass is 10.0. The van der Waals surface area contributed by atoms with Gasteiger partial charge in [0.05, 0.1) is 49.3 Å². The number of hydrogen-bond donors (Lipinski definition) is 3. The normalized spacial score (nSPS) is 13.5. The van der Waals surface area contributed by atoms with Gasteiger partial charge in [0.25, 0.3) is 0 Å². The maximum atomic E-state index is 5.93. The van der Waals surface area contributed by atoms with Crippen molar-refractivity contribution in [2.75, 3.05) is 27.8 Å². The quantitative estimate of drug-likeness (QED) is 0.115. The van der Waals surface area contributed by atoms with E-state index in [9.17, 15) is 0 Å². The second kappa shape index (κ2) is 28.5. The lowest BCUT2D eigenvalue weighted by Crippen LogP contribution is -2.26. The van der Waals surface area contributed by atoms with Crippen LogP contribution in [0.25, 0.3) is 34.0 Å². The number of nitrogen functional groups attached to an aromatic ring is 1. The van der Waals surface area contributed by atoms with Gasteiger partial charge in [-0.05, 0) is 110 Å². The number of nitrogens with two attached hydrogens (primary N) is 1. The van der Waals surface area contributed by atoms with Crippen molar-refractivity contribution in [1.82, 2.24) is 111 Å². The molecule has 4 N–H and O–H groups in total. The minimum absolute atomic E-state index is 0. The van der Waals surface area contributed by atoms with Gasteiger partial charge >= 0.3 is 0 Å². The molecule has 1 aliphatic carbocycles. The largest absolute Gasteiger partial charge is 0.382 e. The van der Waals surface area contributed by atoms with Crippen molar-refractivity contribution in [2.24, 2.45) is 21.1 Å². The SMILES string of the molecule is C.C.Clc1nc(Cl)c2cccn2n1.Cn1cnc(-n2cnc(N)c2)c1.Cn1cnc(-n2cnc(Nc3nc(Cl)nn4cccc34)c2)c1.Cn1cnc(-n2cnc(Nc3nc(N4CCCC4c4ccccn4)nn4cccc34)c2)c1.c1ccc(C2CCCC2)nc1. The van der Waals surface area contributed by atoms with Crippen molar-refractivity contribution in [1.29, 1.82) is 0 Å². The summed E-state index contributed by atoms with van der Waals surface area (Å²) in [6, 6.07) is 23.8. The zero-order valence-corrected chi connectivity index (χ0v) is 50.1. The highest BCUT2D eigenvalue weighted by atomic mass is 35.5. The number of halogens is 3. The predicted molar refractivity (Wildman–Crippen MR) is 348 cm³/mol.